The lowest BCUT2D eigenvalue weighted by Crippen LogP contribution is -2.52. The number of sulfonamides is 1. The molecule has 2 heterocycles. The molecule has 1 aromatic heterocycles. The molecule has 0 saturated carbocycles. The molecule has 166 valence electrons. The zero-order valence-electron chi connectivity index (χ0n) is 17.8. The second-order valence-electron chi connectivity index (χ2n) is 8.30. The molecule has 1 aromatic carbocycles. The Labute approximate surface area is 186 Å². The third-order valence-electron chi connectivity index (χ3n) is 5.65. The number of benzene rings is 1. The van der Waals surface area contributed by atoms with Gasteiger partial charge in [0.2, 0.25) is 10.0 Å². The number of halogens is 2. The Bertz CT molecular complexity index is 943. The highest BCUT2D eigenvalue weighted by atomic mass is 35.5. The summed E-state index contributed by atoms with van der Waals surface area (Å²) in [5, 5.41) is 0. The quantitative estimate of drug-likeness (QED) is 0.733. The topological polar surface area (TPSA) is 84.5 Å². The maximum absolute atomic E-state index is 12.4. The molecule has 3 rings (SSSR count). The van der Waals surface area contributed by atoms with Crippen LogP contribution in [-0.2, 0) is 23.1 Å². The molecule has 10 heteroatoms. The van der Waals surface area contributed by atoms with Gasteiger partial charge in [-0.2, -0.15) is 0 Å². The molecular weight excluding hydrogens is 433 g/mol. The number of piperidine rings is 1. The van der Waals surface area contributed by atoms with Gasteiger partial charge in [0.1, 0.15) is 5.82 Å². The Morgan fingerprint density at radius 2 is 1.93 bits per heavy atom. The van der Waals surface area contributed by atoms with Crippen LogP contribution < -0.4 is 5.73 Å². The lowest BCUT2D eigenvalue weighted by molar-refractivity contribution is 0.0871. The van der Waals surface area contributed by atoms with Crippen molar-refractivity contribution < 1.29 is 8.42 Å². The van der Waals surface area contributed by atoms with Crippen molar-refractivity contribution in [2.45, 2.75) is 51.2 Å². The minimum atomic E-state index is -3.47. The van der Waals surface area contributed by atoms with Crippen molar-refractivity contribution in [1.29, 1.82) is 0 Å². The van der Waals surface area contributed by atoms with E-state index in [2.05, 4.69) is 30.2 Å². The number of fused-ring (bicyclic) bond motifs is 1. The molecule has 0 amide bonds. The predicted octanol–water partition coefficient (Wildman–Crippen LogP) is 2.71. The van der Waals surface area contributed by atoms with E-state index >= 15 is 0 Å². The fourth-order valence-corrected chi connectivity index (χ4v) is 4.75. The summed E-state index contributed by atoms with van der Waals surface area (Å²) in [5.41, 5.74) is 8.03. The Kier molecular flexibility index (Phi) is 8.55. The van der Waals surface area contributed by atoms with Gasteiger partial charge in [-0.05, 0) is 37.0 Å². The van der Waals surface area contributed by atoms with Crippen molar-refractivity contribution in [3.05, 3.63) is 24.0 Å². The van der Waals surface area contributed by atoms with Crippen molar-refractivity contribution in [2.24, 2.45) is 11.1 Å². The smallest absolute Gasteiger partial charge is 0.242 e. The zero-order valence-corrected chi connectivity index (χ0v) is 20.2. The van der Waals surface area contributed by atoms with Crippen molar-refractivity contribution in [2.75, 3.05) is 27.2 Å². The highest BCUT2D eigenvalue weighted by molar-refractivity contribution is 7.89. The monoisotopic (exact) mass is 465 g/mol. The number of imidazole rings is 1. The van der Waals surface area contributed by atoms with Gasteiger partial charge in [-0.15, -0.1) is 24.8 Å². The first-order chi connectivity index (χ1) is 12.6. The predicted molar refractivity (Wildman–Crippen MR) is 122 cm³/mol. The van der Waals surface area contributed by atoms with Gasteiger partial charge in [-0.25, -0.2) is 17.7 Å². The molecule has 2 aromatic rings. The van der Waals surface area contributed by atoms with Crippen LogP contribution in [0.2, 0.25) is 0 Å². The van der Waals surface area contributed by atoms with Crippen LogP contribution in [0.3, 0.4) is 0 Å². The van der Waals surface area contributed by atoms with Gasteiger partial charge in [0.25, 0.3) is 0 Å². The molecule has 1 saturated heterocycles. The molecular formula is C19H33Cl2N5O2S. The minimum Gasteiger partial charge on any atom is -0.327 e. The summed E-state index contributed by atoms with van der Waals surface area (Å²) in [4.78, 5) is 7.46. The average molecular weight is 466 g/mol. The van der Waals surface area contributed by atoms with E-state index < -0.39 is 10.0 Å². The van der Waals surface area contributed by atoms with Crippen molar-refractivity contribution >= 4 is 45.9 Å². The van der Waals surface area contributed by atoms with E-state index in [1.165, 1.54) is 4.31 Å². The summed E-state index contributed by atoms with van der Waals surface area (Å²) < 4.78 is 28.3. The van der Waals surface area contributed by atoms with Gasteiger partial charge < -0.3 is 10.3 Å². The number of rotatable bonds is 5. The van der Waals surface area contributed by atoms with Gasteiger partial charge >= 0.3 is 0 Å². The fourth-order valence-electron chi connectivity index (χ4n) is 3.82. The summed E-state index contributed by atoms with van der Waals surface area (Å²) in [6.07, 6.45) is 0.977. The van der Waals surface area contributed by atoms with Crippen LogP contribution in [-0.4, -0.2) is 60.4 Å². The number of hydrogen-bond acceptors (Lipinski definition) is 5. The second-order valence-corrected chi connectivity index (χ2v) is 10.5. The molecule has 0 spiro atoms. The SMILES string of the molecule is CCn1c(CN2CCC(N)C(C)(C)C2)nc2cc(S(=O)(=O)N(C)C)ccc21.Cl.Cl. The fraction of sp³-hybridized carbons (Fsp3) is 0.632. The van der Waals surface area contributed by atoms with Crippen LogP contribution in [0, 0.1) is 5.41 Å². The third kappa shape index (κ3) is 5.06. The Morgan fingerprint density at radius 3 is 2.48 bits per heavy atom. The van der Waals surface area contributed by atoms with Crippen LogP contribution in [0.25, 0.3) is 11.0 Å². The maximum Gasteiger partial charge on any atom is 0.242 e. The van der Waals surface area contributed by atoms with Crippen LogP contribution in [0.4, 0.5) is 0 Å². The van der Waals surface area contributed by atoms with E-state index in [1.54, 1.807) is 26.2 Å². The third-order valence-corrected chi connectivity index (χ3v) is 7.46. The van der Waals surface area contributed by atoms with Crippen molar-refractivity contribution in [3.63, 3.8) is 0 Å². The maximum atomic E-state index is 12.4. The van der Waals surface area contributed by atoms with Gasteiger partial charge in [0.15, 0.2) is 0 Å². The van der Waals surface area contributed by atoms with Gasteiger partial charge in [0, 0.05) is 39.8 Å². The Hall–Kier alpha value is -0.900. The van der Waals surface area contributed by atoms with E-state index in [4.69, 9.17) is 10.7 Å². The van der Waals surface area contributed by atoms with E-state index in [-0.39, 0.29) is 41.2 Å². The molecule has 1 aliphatic heterocycles. The average Bonchev–Trinajstić information content (AvgIpc) is 2.93. The molecule has 0 aliphatic carbocycles. The first-order valence-corrected chi connectivity index (χ1v) is 10.9. The van der Waals surface area contributed by atoms with Gasteiger partial charge in [-0.1, -0.05) is 13.8 Å². The number of aryl methyl sites for hydroxylation is 1. The number of hydrogen-bond donors (Lipinski definition) is 1. The van der Waals surface area contributed by atoms with E-state index in [9.17, 15) is 8.42 Å². The Morgan fingerprint density at radius 1 is 1.28 bits per heavy atom. The first kappa shape index (κ1) is 26.1. The lowest BCUT2D eigenvalue weighted by Gasteiger charge is -2.42. The van der Waals surface area contributed by atoms with Crippen molar-refractivity contribution in [3.8, 4) is 0 Å². The molecule has 1 aliphatic rings. The largest absolute Gasteiger partial charge is 0.327 e. The molecule has 1 atom stereocenters. The normalized spacial score (nSPS) is 19.8. The van der Waals surface area contributed by atoms with Crippen LogP contribution in [0.5, 0.6) is 0 Å². The van der Waals surface area contributed by atoms with Gasteiger partial charge in [-0.3, -0.25) is 4.90 Å². The van der Waals surface area contributed by atoms with Gasteiger partial charge in [0.05, 0.1) is 22.5 Å². The summed E-state index contributed by atoms with van der Waals surface area (Å²) in [7, 11) is -0.387. The molecule has 7 nitrogen and oxygen atoms in total. The number of nitrogens with two attached hydrogens (primary N) is 1. The minimum absolute atomic E-state index is 0. The van der Waals surface area contributed by atoms with Crippen LogP contribution in [0.15, 0.2) is 23.1 Å². The molecule has 29 heavy (non-hydrogen) atoms. The second kappa shape index (κ2) is 9.49. The molecule has 0 radical (unpaired) electrons. The number of aromatic nitrogens is 2. The zero-order chi connectivity index (χ0) is 20.0. The summed E-state index contributed by atoms with van der Waals surface area (Å²) in [6.45, 7) is 9.94. The first-order valence-electron chi connectivity index (χ1n) is 9.46. The highest BCUT2D eigenvalue weighted by Crippen LogP contribution is 2.29. The summed E-state index contributed by atoms with van der Waals surface area (Å²) in [5.74, 6) is 0.971. The van der Waals surface area contributed by atoms with E-state index in [1.807, 2.05) is 6.07 Å². The van der Waals surface area contributed by atoms with E-state index in [0.717, 1.165) is 49.5 Å². The molecule has 1 unspecified atom stereocenters. The Balaban J connectivity index is 0.00000210. The molecule has 1 fully saturated rings. The number of likely N-dealkylation sites (tertiary alicyclic amines) is 1. The van der Waals surface area contributed by atoms with Crippen molar-refractivity contribution in [1.82, 2.24) is 18.8 Å². The standard InChI is InChI=1S/C19H31N5O2S.2ClH/c1-6-24-16-8-7-14(27(25,26)22(4)5)11-15(16)21-18(24)12-23-10-9-17(20)19(2,3)13-23;;/h7-8,11,17H,6,9-10,12-13,20H2,1-5H3;2*1H. The molecule has 0 bridgehead atoms. The van der Waals surface area contributed by atoms with E-state index in [0.29, 0.717) is 0 Å². The summed E-state index contributed by atoms with van der Waals surface area (Å²) in [6, 6.07) is 5.42. The molecule has 2 N–H and O–H groups in total. The summed E-state index contributed by atoms with van der Waals surface area (Å²) >= 11 is 0. The lowest BCUT2D eigenvalue weighted by atomic mass is 9.80. The number of nitrogens with zero attached hydrogens (tertiary/aromatic N) is 4. The highest BCUT2D eigenvalue weighted by Gasteiger charge is 2.33. The van der Waals surface area contributed by atoms with Crippen LogP contribution in [0.1, 0.15) is 33.0 Å². The van der Waals surface area contributed by atoms with Crippen LogP contribution >= 0.6 is 24.8 Å².